The Morgan fingerprint density at radius 3 is 2.41 bits per heavy atom. The molecule has 3 amide bonds. The number of hydrogen-bond acceptors (Lipinski definition) is 7. The number of aromatic amines is 1. The van der Waals surface area contributed by atoms with Gasteiger partial charge in [-0.2, -0.15) is 10.2 Å². The van der Waals surface area contributed by atoms with Gasteiger partial charge in [-0.25, -0.2) is 9.37 Å². The second kappa shape index (κ2) is 14.5. The number of halogens is 1. The van der Waals surface area contributed by atoms with Gasteiger partial charge in [-0.1, -0.05) is 39.7 Å². The number of anilines is 1. The summed E-state index contributed by atoms with van der Waals surface area (Å²) in [6.45, 7) is 8.38. The number of benzene rings is 1. The molecule has 1 aliphatic heterocycles. The Morgan fingerprint density at radius 2 is 1.78 bits per heavy atom. The molecule has 12 nitrogen and oxygen atoms in total. The Kier molecular flexibility index (Phi) is 10.5. The maximum atomic E-state index is 15.7. The van der Waals surface area contributed by atoms with E-state index in [4.69, 9.17) is 0 Å². The molecule has 0 radical (unpaired) electrons. The molecule has 46 heavy (non-hydrogen) atoms. The first kappa shape index (κ1) is 33.2. The number of amides is 3. The average molecular weight is 636 g/mol. The van der Waals surface area contributed by atoms with Gasteiger partial charge in [0.2, 0.25) is 17.7 Å². The predicted octanol–water partition coefficient (Wildman–Crippen LogP) is 3.67. The fraction of sp³-hybridized carbons (Fsp3) is 0.576. The normalized spacial score (nSPS) is 21.0. The number of rotatable bonds is 10. The number of nitrogens with zero attached hydrogens (tertiary/aromatic N) is 6. The van der Waals surface area contributed by atoms with Crippen LogP contribution in [0.4, 0.5) is 10.1 Å². The van der Waals surface area contributed by atoms with E-state index in [2.05, 4.69) is 42.7 Å². The second-order valence-electron chi connectivity index (χ2n) is 12.9. The zero-order valence-corrected chi connectivity index (χ0v) is 27.4. The van der Waals surface area contributed by atoms with Crippen molar-refractivity contribution in [3.8, 4) is 11.5 Å². The molecule has 3 N–H and O–H groups in total. The number of aryl methyl sites for hydroxylation is 1. The van der Waals surface area contributed by atoms with Crippen LogP contribution < -0.4 is 10.6 Å². The van der Waals surface area contributed by atoms with Crippen LogP contribution in [0, 0.1) is 17.7 Å². The van der Waals surface area contributed by atoms with Crippen molar-refractivity contribution in [3.05, 3.63) is 47.7 Å². The van der Waals surface area contributed by atoms with Gasteiger partial charge >= 0.3 is 0 Å². The van der Waals surface area contributed by atoms with Crippen LogP contribution in [-0.4, -0.2) is 91.8 Å². The quantitative estimate of drug-likeness (QED) is 0.309. The zero-order chi connectivity index (χ0) is 33.0. The molecule has 2 fully saturated rings. The van der Waals surface area contributed by atoms with Crippen molar-refractivity contribution in [3.63, 3.8) is 0 Å². The number of likely N-dealkylation sites (N-methyl/N-ethyl adjacent to an activating group) is 1. The van der Waals surface area contributed by atoms with Gasteiger partial charge in [0.25, 0.3) is 0 Å². The number of H-pyrrole nitrogens is 1. The van der Waals surface area contributed by atoms with Crippen molar-refractivity contribution in [2.45, 2.75) is 70.8 Å². The van der Waals surface area contributed by atoms with E-state index < -0.39 is 23.7 Å². The molecule has 2 aliphatic rings. The minimum absolute atomic E-state index is 0.0226. The van der Waals surface area contributed by atoms with Crippen LogP contribution in [0.1, 0.15) is 76.1 Å². The summed E-state index contributed by atoms with van der Waals surface area (Å²) in [6.07, 6.45) is 5.60. The van der Waals surface area contributed by atoms with Gasteiger partial charge in [0, 0.05) is 51.8 Å². The van der Waals surface area contributed by atoms with Crippen LogP contribution in [0.5, 0.6) is 0 Å². The number of carbonyl (C=O) groups excluding carboxylic acids is 3. The van der Waals surface area contributed by atoms with Crippen molar-refractivity contribution in [2.24, 2.45) is 18.9 Å². The maximum Gasteiger partial charge on any atom is 0.245 e. The molecular weight excluding hydrogens is 589 g/mol. The third-order valence-electron chi connectivity index (χ3n) is 9.66. The Hall–Kier alpha value is -4.13. The van der Waals surface area contributed by atoms with Gasteiger partial charge in [0.1, 0.15) is 29.3 Å². The lowest BCUT2D eigenvalue weighted by molar-refractivity contribution is -0.138. The Morgan fingerprint density at radius 1 is 1.07 bits per heavy atom. The van der Waals surface area contributed by atoms with Gasteiger partial charge in [0.15, 0.2) is 5.82 Å². The smallest absolute Gasteiger partial charge is 0.245 e. The molecular formula is C33H46FN9O3. The van der Waals surface area contributed by atoms with Crippen LogP contribution in [0.15, 0.2) is 30.5 Å². The van der Waals surface area contributed by atoms with Crippen LogP contribution in [0.2, 0.25) is 0 Å². The molecule has 13 heteroatoms. The molecule has 3 aromatic rings. The summed E-state index contributed by atoms with van der Waals surface area (Å²) < 4.78 is 17.4. The lowest BCUT2D eigenvalue weighted by Crippen LogP contribution is -2.55. The molecule has 2 aromatic heterocycles. The van der Waals surface area contributed by atoms with Crippen LogP contribution in [0.25, 0.3) is 11.5 Å². The summed E-state index contributed by atoms with van der Waals surface area (Å²) in [5.41, 5.74) is 1.31. The number of aromatic nitrogens is 5. The molecule has 0 spiro atoms. The van der Waals surface area contributed by atoms with Gasteiger partial charge in [0.05, 0.1) is 5.69 Å². The molecule has 3 atom stereocenters. The summed E-state index contributed by atoms with van der Waals surface area (Å²) in [5.74, 6) is -1.05. The summed E-state index contributed by atoms with van der Waals surface area (Å²) in [6, 6.07) is 5.54. The molecule has 1 aliphatic carbocycles. The molecule has 1 saturated heterocycles. The lowest BCUT2D eigenvalue weighted by atomic mass is 9.75. The van der Waals surface area contributed by atoms with Crippen LogP contribution >= 0.6 is 0 Å². The first-order chi connectivity index (χ1) is 22.0. The molecule has 3 heterocycles. The van der Waals surface area contributed by atoms with Crippen molar-refractivity contribution >= 4 is 23.4 Å². The minimum atomic E-state index is -0.839. The SMILES string of the molecule is CCC(=O)N[C@@H](C(=O)N1CCN(C)CC1)[C@@H](C)c1ccc(NC(=O)C(c2nc(-c3ccnn3C)n[nH]2)C2CCC(C)CC2)c(F)c1. The summed E-state index contributed by atoms with van der Waals surface area (Å²) >= 11 is 0. The first-order valence-electron chi connectivity index (χ1n) is 16.3. The topological polar surface area (TPSA) is 141 Å². The molecule has 0 bridgehead atoms. The third-order valence-corrected chi connectivity index (χ3v) is 9.66. The standard InChI is InChI=1S/C33H46FN9O3/c1-6-27(44)37-29(33(46)43-17-15-41(4)16-18-43)21(3)23-11-12-25(24(34)19-23)36-32(45)28(22-9-7-20(2)8-10-22)31-38-30(39-40-31)26-13-14-35-42(26)5/h11-14,19-22,28-29H,6-10,15-18H2,1-5H3,(H,36,45)(H,37,44)(H,38,39,40)/t20?,21-,22?,28?,29+/m0/s1. The fourth-order valence-corrected chi connectivity index (χ4v) is 6.52. The van der Waals surface area contributed by atoms with Gasteiger partial charge in [-0.05, 0) is 55.5 Å². The summed E-state index contributed by atoms with van der Waals surface area (Å²) in [5, 5.41) is 17.2. The van der Waals surface area contributed by atoms with Crippen molar-refractivity contribution in [2.75, 3.05) is 38.5 Å². The van der Waals surface area contributed by atoms with Gasteiger partial charge in [-0.15, -0.1) is 0 Å². The molecule has 248 valence electrons. The van der Waals surface area contributed by atoms with Gasteiger partial charge in [-0.3, -0.25) is 24.2 Å². The Bertz CT molecular complexity index is 1520. The highest BCUT2D eigenvalue weighted by Gasteiger charge is 2.36. The Labute approximate surface area is 269 Å². The highest BCUT2D eigenvalue weighted by atomic mass is 19.1. The predicted molar refractivity (Wildman–Crippen MR) is 172 cm³/mol. The van der Waals surface area contributed by atoms with E-state index in [0.717, 1.165) is 38.8 Å². The average Bonchev–Trinajstić information content (AvgIpc) is 3.70. The number of nitrogens with one attached hydrogen (secondary N) is 3. The molecule has 1 unspecified atom stereocenters. The number of carbonyl (C=O) groups is 3. The third kappa shape index (κ3) is 7.46. The van der Waals surface area contributed by atoms with E-state index in [1.54, 1.807) is 41.9 Å². The van der Waals surface area contributed by atoms with E-state index >= 15 is 4.39 Å². The maximum absolute atomic E-state index is 15.7. The highest BCUT2D eigenvalue weighted by Crippen LogP contribution is 2.38. The number of hydrogen-bond donors (Lipinski definition) is 3. The monoisotopic (exact) mass is 635 g/mol. The summed E-state index contributed by atoms with van der Waals surface area (Å²) in [4.78, 5) is 48.5. The van der Waals surface area contributed by atoms with E-state index in [1.807, 2.05) is 14.0 Å². The second-order valence-corrected chi connectivity index (χ2v) is 12.9. The largest absolute Gasteiger partial charge is 0.344 e. The minimum Gasteiger partial charge on any atom is -0.344 e. The van der Waals surface area contributed by atoms with E-state index in [-0.39, 0.29) is 35.7 Å². The van der Waals surface area contributed by atoms with Crippen molar-refractivity contribution in [1.82, 2.24) is 40.1 Å². The molecule has 1 aromatic carbocycles. The Balaban J connectivity index is 1.36. The molecule has 5 rings (SSSR count). The fourth-order valence-electron chi connectivity index (χ4n) is 6.52. The molecule has 1 saturated carbocycles. The first-order valence-corrected chi connectivity index (χ1v) is 16.3. The summed E-state index contributed by atoms with van der Waals surface area (Å²) in [7, 11) is 3.81. The van der Waals surface area contributed by atoms with E-state index in [1.165, 1.54) is 12.1 Å². The van der Waals surface area contributed by atoms with E-state index in [9.17, 15) is 14.4 Å². The number of piperazine rings is 1. The lowest BCUT2D eigenvalue weighted by Gasteiger charge is -2.36. The van der Waals surface area contributed by atoms with Crippen molar-refractivity contribution < 1.29 is 18.8 Å². The zero-order valence-electron chi connectivity index (χ0n) is 27.4. The van der Waals surface area contributed by atoms with Gasteiger partial charge < -0.3 is 20.4 Å². The van der Waals surface area contributed by atoms with Crippen molar-refractivity contribution in [1.29, 1.82) is 0 Å². The van der Waals surface area contributed by atoms with Crippen LogP contribution in [0.3, 0.4) is 0 Å². The van der Waals surface area contributed by atoms with Crippen LogP contribution in [-0.2, 0) is 21.4 Å². The highest BCUT2D eigenvalue weighted by molar-refractivity contribution is 5.96. The van der Waals surface area contributed by atoms with E-state index in [0.29, 0.717) is 41.9 Å².